The van der Waals surface area contributed by atoms with Gasteiger partial charge in [-0.3, -0.25) is 9.67 Å². The molecule has 0 radical (unpaired) electrons. The molecule has 1 aromatic carbocycles. The number of hydrogen-bond donors (Lipinski definition) is 3. The number of guanidine groups is 1. The fourth-order valence-electron chi connectivity index (χ4n) is 2.85. The molecule has 0 saturated heterocycles. The second-order valence-corrected chi connectivity index (χ2v) is 6.44. The number of halogens is 1. The molecule has 0 unspecified atom stereocenters. The number of ether oxygens (including phenoxy) is 1. The smallest absolute Gasteiger partial charge is 0.191 e. The third kappa shape index (κ3) is 7.57. The number of aliphatic imine (C=N–C) groups is 1. The highest BCUT2D eigenvalue weighted by molar-refractivity contribution is 14.0. The summed E-state index contributed by atoms with van der Waals surface area (Å²) in [5.41, 5.74) is 3.11. The molecule has 156 valence electrons. The summed E-state index contributed by atoms with van der Waals surface area (Å²) in [6, 6.07) is 7.46. The molecule has 8 heteroatoms. The van der Waals surface area contributed by atoms with E-state index in [4.69, 9.17) is 4.74 Å². The van der Waals surface area contributed by atoms with Crippen LogP contribution in [-0.4, -0.2) is 47.6 Å². The van der Waals surface area contributed by atoms with E-state index in [1.165, 1.54) is 5.69 Å². The van der Waals surface area contributed by atoms with Gasteiger partial charge in [-0.05, 0) is 51.3 Å². The Morgan fingerprint density at radius 1 is 1.25 bits per heavy atom. The van der Waals surface area contributed by atoms with Gasteiger partial charge in [0.25, 0.3) is 0 Å². The molecule has 0 aliphatic carbocycles. The zero-order valence-electron chi connectivity index (χ0n) is 17.2. The number of methoxy groups -OCH3 is 1. The molecule has 0 bridgehead atoms. The fourth-order valence-corrected chi connectivity index (χ4v) is 2.85. The van der Waals surface area contributed by atoms with Crippen molar-refractivity contribution in [3.8, 4) is 11.5 Å². The maximum absolute atomic E-state index is 10.0. The van der Waals surface area contributed by atoms with Gasteiger partial charge in [-0.1, -0.05) is 6.07 Å². The predicted octanol–water partition coefficient (Wildman–Crippen LogP) is 3.02. The maximum Gasteiger partial charge on any atom is 0.191 e. The van der Waals surface area contributed by atoms with Crippen molar-refractivity contribution in [2.24, 2.45) is 4.99 Å². The minimum Gasteiger partial charge on any atom is -0.508 e. The minimum absolute atomic E-state index is 0. The first-order valence-corrected chi connectivity index (χ1v) is 9.42. The molecule has 1 heterocycles. The number of hydrogen-bond acceptors (Lipinski definition) is 4. The monoisotopic (exact) mass is 501 g/mol. The second-order valence-electron chi connectivity index (χ2n) is 6.44. The van der Waals surface area contributed by atoms with E-state index < -0.39 is 0 Å². The van der Waals surface area contributed by atoms with Crippen LogP contribution in [0.3, 0.4) is 0 Å². The standard InChI is InChI=1S/C20H31N5O2.HI/c1-5-21-20(22-10-6-12-25-16(3)13-15(2)24-25)23-11-9-17-7-8-18(27-4)14-19(17)26;/h7-8,13-14,26H,5-6,9-12H2,1-4H3,(H2,21,22,23);1H. The topological polar surface area (TPSA) is 83.7 Å². The summed E-state index contributed by atoms with van der Waals surface area (Å²) in [5.74, 6) is 1.70. The molecule has 7 nitrogen and oxygen atoms in total. The van der Waals surface area contributed by atoms with Gasteiger partial charge in [0.1, 0.15) is 11.5 Å². The number of phenolic OH excluding ortho intramolecular Hbond substituents is 1. The zero-order valence-corrected chi connectivity index (χ0v) is 19.5. The second kappa shape index (κ2) is 12.5. The number of benzene rings is 1. The molecule has 0 aliphatic rings. The third-order valence-corrected chi connectivity index (χ3v) is 4.22. The minimum atomic E-state index is 0. The summed E-state index contributed by atoms with van der Waals surface area (Å²) < 4.78 is 7.13. The lowest BCUT2D eigenvalue weighted by molar-refractivity contribution is 0.406. The van der Waals surface area contributed by atoms with E-state index in [1.54, 1.807) is 13.2 Å². The summed E-state index contributed by atoms with van der Waals surface area (Å²) in [6.07, 6.45) is 1.63. The van der Waals surface area contributed by atoms with E-state index in [2.05, 4.69) is 33.7 Å². The van der Waals surface area contributed by atoms with Crippen molar-refractivity contribution in [2.75, 3.05) is 26.7 Å². The summed E-state index contributed by atoms with van der Waals surface area (Å²) in [4.78, 5) is 4.62. The van der Waals surface area contributed by atoms with Crippen molar-refractivity contribution in [3.05, 3.63) is 41.2 Å². The Hall–Kier alpha value is -1.97. The highest BCUT2D eigenvalue weighted by Crippen LogP contribution is 2.23. The number of aromatic hydroxyl groups is 1. The first-order chi connectivity index (χ1) is 13.0. The number of nitrogens with one attached hydrogen (secondary N) is 2. The molecular weight excluding hydrogens is 469 g/mol. The fraction of sp³-hybridized carbons (Fsp3) is 0.500. The lowest BCUT2D eigenvalue weighted by Gasteiger charge is -2.12. The van der Waals surface area contributed by atoms with Crippen molar-refractivity contribution in [2.45, 2.75) is 40.2 Å². The number of aryl methyl sites for hydroxylation is 3. The molecule has 0 atom stereocenters. The Morgan fingerprint density at radius 3 is 2.64 bits per heavy atom. The molecule has 0 saturated carbocycles. The van der Waals surface area contributed by atoms with Crippen LogP contribution in [0.2, 0.25) is 0 Å². The van der Waals surface area contributed by atoms with Gasteiger partial charge in [0.05, 0.1) is 12.8 Å². The number of rotatable bonds is 9. The normalized spacial score (nSPS) is 11.1. The van der Waals surface area contributed by atoms with E-state index >= 15 is 0 Å². The van der Waals surface area contributed by atoms with Gasteiger partial charge in [-0.25, -0.2) is 0 Å². The average Bonchev–Trinajstić information content (AvgIpc) is 2.97. The van der Waals surface area contributed by atoms with E-state index in [0.717, 1.165) is 43.3 Å². The lowest BCUT2D eigenvalue weighted by atomic mass is 10.1. The molecule has 0 amide bonds. The number of nitrogens with zero attached hydrogens (tertiary/aromatic N) is 3. The average molecular weight is 501 g/mol. The van der Waals surface area contributed by atoms with Crippen molar-refractivity contribution in [1.82, 2.24) is 20.4 Å². The van der Waals surface area contributed by atoms with E-state index in [0.29, 0.717) is 18.7 Å². The van der Waals surface area contributed by atoms with Gasteiger partial charge in [-0.15, -0.1) is 24.0 Å². The highest BCUT2D eigenvalue weighted by Gasteiger charge is 2.04. The molecule has 3 N–H and O–H groups in total. The Labute approximate surface area is 184 Å². The van der Waals surface area contributed by atoms with Crippen LogP contribution in [0, 0.1) is 13.8 Å². The quantitative estimate of drug-likeness (QED) is 0.213. The zero-order chi connectivity index (χ0) is 19.6. The van der Waals surface area contributed by atoms with E-state index in [-0.39, 0.29) is 29.7 Å². The van der Waals surface area contributed by atoms with Crippen molar-refractivity contribution in [1.29, 1.82) is 0 Å². The SMILES string of the molecule is CCNC(=NCCCn1nc(C)cc1C)NCCc1ccc(OC)cc1O.I. The molecule has 2 rings (SSSR count). The summed E-state index contributed by atoms with van der Waals surface area (Å²) in [5, 5.41) is 21.1. The van der Waals surface area contributed by atoms with E-state index in [9.17, 15) is 5.11 Å². The highest BCUT2D eigenvalue weighted by atomic mass is 127. The Kier molecular flexibility index (Phi) is 10.7. The molecule has 2 aromatic rings. The van der Waals surface area contributed by atoms with Crippen LogP contribution in [0.5, 0.6) is 11.5 Å². The Balaban J connectivity index is 0.00000392. The van der Waals surface area contributed by atoms with Crippen LogP contribution in [0.25, 0.3) is 0 Å². The maximum atomic E-state index is 10.0. The molecule has 28 heavy (non-hydrogen) atoms. The largest absolute Gasteiger partial charge is 0.508 e. The van der Waals surface area contributed by atoms with Crippen molar-refractivity contribution in [3.63, 3.8) is 0 Å². The van der Waals surface area contributed by atoms with Crippen molar-refractivity contribution < 1.29 is 9.84 Å². The van der Waals surface area contributed by atoms with Crippen LogP contribution in [0.4, 0.5) is 0 Å². The van der Waals surface area contributed by atoms with Crippen LogP contribution >= 0.6 is 24.0 Å². The van der Waals surface area contributed by atoms with Crippen molar-refractivity contribution >= 4 is 29.9 Å². The Morgan fingerprint density at radius 2 is 2.04 bits per heavy atom. The van der Waals surface area contributed by atoms with Crippen LogP contribution in [0.1, 0.15) is 30.3 Å². The van der Waals surface area contributed by atoms with Gasteiger partial charge in [0.15, 0.2) is 5.96 Å². The van der Waals surface area contributed by atoms with Gasteiger partial charge in [0.2, 0.25) is 0 Å². The first kappa shape index (κ1) is 24.1. The lowest BCUT2D eigenvalue weighted by Crippen LogP contribution is -2.38. The third-order valence-electron chi connectivity index (χ3n) is 4.22. The van der Waals surface area contributed by atoms with Gasteiger partial charge < -0.3 is 20.5 Å². The van der Waals surface area contributed by atoms with E-state index in [1.807, 2.05) is 30.7 Å². The number of aromatic nitrogens is 2. The number of phenols is 1. The van der Waals surface area contributed by atoms with Crippen LogP contribution in [0.15, 0.2) is 29.3 Å². The predicted molar refractivity (Wildman–Crippen MR) is 124 cm³/mol. The molecule has 0 aliphatic heterocycles. The molecular formula is C20H32IN5O2. The molecule has 0 spiro atoms. The molecule has 0 fully saturated rings. The summed E-state index contributed by atoms with van der Waals surface area (Å²) in [6.45, 7) is 9.20. The van der Waals surface area contributed by atoms with Gasteiger partial charge in [0, 0.05) is 37.9 Å². The van der Waals surface area contributed by atoms with Crippen LogP contribution in [-0.2, 0) is 13.0 Å². The Bertz CT molecular complexity index is 761. The summed E-state index contributed by atoms with van der Waals surface area (Å²) >= 11 is 0. The first-order valence-electron chi connectivity index (χ1n) is 9.42. The van der Waals surface area contributed by atoms with Gasteiger partial charge in [-0.2, -0.15) is 5.10 Å². The summed E-state index contributed by atoms with van der Waals surface area (Å²) in [7, 11) is 1.59. The van der Waals surface area contributed by atoms with Crippen LogP contribution < -0.4 is 15.4 Å². The van der Waals surface area contributed by atoms with Gasteiger partial charge >= 0.3 is 0 Å². The molecule has 1 aromatic heterocycles.